The van der Waals surface area contributed by atoms with E-state index in [1.54, 1.807) is 0 Å². The van der Waals surface area contributed by atoms with Crippen molar-refractivity contribution in [2.24, 2.45) is 0 Å². The van der Waals surface area contributed by atoms with Crippen LogP contribution in [0, 0.1) is 0 Å². The average molecular weight is 235 g/mol. The van der Waals surface area contributed by atoms with E-state index in [4.69, 9.17) is 10.2 Å². The van der Waals surface area contributed by atoms with E-state index in [-0.39, 0.29) is 12.5 Å². The molecule has 1 fully saturated rings. The van der Waals surface area contributed by atoms with Crippen molar-refractivity contribution in [2.75, 3.05) is 6.54 Å². The van der Waals surface area contributed by atoms with Crippen LogP contribution >= 0.6 is 0 Å². The molecule has 1 heterocycles. The highest BCUT2D eigenvalue weighted by molar-refractivity contribution is 5.80. The Morgan fingerprint density at radius 3 is 2.29 bits per heavy atom. The van der Waals surface area contributed by atoms with Crippen molar-refractivity contribution in [1.29, 1.82) is 0 Å². The summed E-state index contributed by atoms with van der Waals surface area (Å²) < 4.78 is 0. The van der Waals surface area contributed by atoms with Gasteiger partial charge in [-0.25, -0.2) is 9.59 Å². The van der Waals surface area contributed by atoms with Crippen molar-refractivity contribution in [1.82, 2.24) is 4.90 Å². The maximum Gasteiger partial charge on any atom is 0.408 e. The number of amides is 1. The molecule has 0 saturated carbocycles. The molecule has 90 valence electrons. The summed E-state index contributed by atoms with van der Waals surface area (Å²) in [6.07, 6.45) is -0.832. The van der Waals surface area contributed by atoms with Crippen LogP contribution in [0.4, 0.5) is 4.79 Å². The monoisotopic (exact) mass is 235 g/mol. The van der Waals surface area contributed by atoms with Crippen LogP contribution in [0.1, 0.15) is 17.9 Å². The molecule has 0 unspecified atom stereocenters. The number of benzene rings is 1. The van der Waals surface area contributed by atoms with Crippen LogP contribution in [0.15, 0.2) is 30.3 Å². The average Bonchev–Trinajstić information content (AvgIpc) is 2.75. The number of hydrogen-bond donors (Lipinski definition) is 2. The van der Waals surface area contributed by atoms with E-state index in [0.29, 0.717) is 6.42 Å². The first kappa shape index (κ1) is 11.4. The molecule has 1 aromatic carbocycles. The van der Waals surface area contributed by atoms with Crippen molar-refractivity contribution in [3.8, 4) is 0 Å². The zero-order valence-electron chi connectivity index (χ0n) is 9.11. The Kier molecular flexibility index (Phi) is 2.99. The van der Waals surface area contributed by atoms with Gasteiger partial charge < -0.3 is 10.2 Å². The Bertz CT molecular complexity index is 409. The van der Waals surface area contributed by atoms with Crippen molar-refractivity contribution < 1.29 is 19.8 Å². The number of aliphatic carboxylic acids is 1. The van der Waals surface area contributed by atoms with E-state index in [0.717, 1.165) is 10.5 Å². The van der Waals surface area contributed by atoms with Gasteiger partial charge in [0.2, 0.25) is 0 Å². The standard InChI is InChI=1S/C12H13NO4/c14-11(15)10-6-9(7-13(10)12(16)17)8-4-2-1-3-5-8/h1-5,9-10H,6-7H2,(H,14,15)(H,16,17)/t9-,10+/m1/s1. The van der Waals surface area contributed by atoms with Crippen LogP contribution in [0.2, 0.25) is 0 Å². The zero-order valence-corrected chi connectivity index (χ0v) is 9.11. The van der Waals surface area contributed by atoms with Gasteiger partial charge in [0.15, 0.2) is 0 Å². The lowest BCUT2D eigenvalue weighted by molar-refractivity contribution is -0.141. The quantitative estimate of drug-likeness (QED) is 0.816. The number of carboxylic acid groups (broad SMARTS) is 2. The molecular weight excluding hydrogens is 222 g/mol. The Hall–Kier alpha value is -2.04. The van der Waals surface area contributed by atoms with Gasteiger partial charge >= 0.3 is 12.1 Å². The van der Waals surface area contributed by atoms with Gasteiger partial charge in [0.1, 0.15) is 6.04 Å². The predicted octanol–water partition coefficient (Wildman–Crippen LogP) is 1.61. The van der Waals surface area contributed by atoms with Crippen LogP contribution in [-0.4, -0.2) is 39.8 Å². The van der Waals surface area contributed by atoms with Gasteiger partial charge in [-0.2, -0.15) is 0 Å². The number of carboxylic acids is 1. The van der Waals surface area contributed by atoms with Crippen LogP contribution in [-0.2, 0) is 4.79 Å². The molecule has 5 nitrogen and oxygen atoms in total. The van der Waals surface area contributed by atoms with E-state index >= 15 is 0 Å². The van der Waals surface area contributed by atoms with Gasteiger partial charge in [-0.3, -0.25) is 4.90 Å². The Morgan fingerprint density at radius 2 is 1.82 bits per heavy atom. The highest BCUT2D eigenvalue weighted by atomic mass is 16.4. The molecule has 1 aliphatic rings. The Balaban J connectivity index is 2.20. The Morgan fingerprint density at radius 1 is 1.18 bits per heavy atom. The minimum atomic E-state index is -1.17. The fourth-order valence-corrected chi connectivity index (χ4v) is 2.25. The second-order valence-electron chi connectivity index (χ2n) is 4.13. The molecule has 0 spiro atoms. The van der Waals surface area contributed by atoms with Gasteiger partial charge in [-0.15, -0.1) is 0 Å². The van der Waals surface area contributed by atoms with Crippen LogP contribution < -0.4 is 0 Å². The van der Waals surface area contributed by atoms with Crippen molar-refractivity contribution >= 4 is 12.1 Å². The number of rotatable bonds is 2. The summed E-state index contributed by atoms with van der Waals surface area (Å²) in [5.74, 6) is -1.11. The highest BCUT2D eigenvalue weighted by Crippen LogP contribution is 2.31. The van der Waals surface area contributed by atoms with E-state index < -0.39 is 18.1 Å². The fourth-order valence-electron chi connectivity index (χ4n) is 2.25. The molecule has 1 aromatic rings. The molecule has 0 radical (unpaired) electrons. The summed E-state index contributed by atoms with van der Waals surface area (Å²) in [7, 11) is 0. The summed E-state index contributed by atoms with van der Waals surface area (Å²) in [6, 6.07) is 8.48. The molecule has 2 rings (SSSR count). The summed E-state index contributed by atoms with van der Waals surface area (Å²) >= 11 is 0. The van der Waals surface area contributed by atoms with Crippen molar-refractivity contribution in [3.63, 3.8) is 0 Å². The van der Waals surface area contributed by atoms with Gasteiger partial charge in [-0.1, -0.05) is 30.3 Å². The lowest BCUT2D eigenvalue weighted by Crippen LogP contribution is -2.39. The van der Waals surface area contributed by atoms with Crippen LogP contribution in [0.5, 0.6) is 0 Å². The first-order chi connectivity index (χ1) is 8.09. The molecule has 0 aliphatic carbocycles. The van der Waals surface area contributed by atoms with Crippen LogP contribution in [0.25, 0.3) is 0 Å². The highest BCUT2D eigenvalue weighted by Gasteiger charge is 2.40. The lowest BCUT2D eigenvalue weighted by atomic mass is 9.96. The van der Waals surface area contributed by atoms with E-state index in [1.807, 2.05) is 30.3 Å². The summed E-state index contributed by atoms with van der Waals surface area (Å²) in [5, 5.41) is 18.0. The third-order valence-corrected chi connectivity index (χ3v) is 3.10. The van der Waals surface area contributed by atoms with Crippen molar-refractivity contribution in [2.45, 2.75) is 18.4 Å². The first-order valence-electron chi connectivity index (χ1n) is 5.37. The summed E-state index contributed by atoms with van der Waals surface area (Å²) in [5.41, 5.74) is 0.988. The minimum Gasteiger partial charge on any atom is -0.480 e. The molecule has 1 saturated heterocycles. The fraction of sp³-hybridized carbons (Fsp3) is 0.333. The Labute approximate surface area is 98.3 Å². The molecular formula is C12H13NO4. The second-order valence-corrected chi connectivity index (χ2v) is 4.13. The van der Waals surface area contributed by atoms with Gasteiger partial charge in [0.05, 0.1) is 0 Å². The van der Waals surface area contributed by atoms with Gasteiger partial charge in [0.25, 0.3) is 0 Å². The molecule has 5 heteroatoms. The topological polar surface area (TPSA) is 77.8 Å². The second kappa shape index (κ2) is 4.45. The number of hydrogen-bond acceptors (Lipinski definition) is 2. The molecule has 1 amide bonds. The van der Waals surface area contributed by atoms with E-state index in [2.05, 4.69) is 0 Å². The smallest absolute Gasteiger partial charge is 0.408 e. The van der Waals surface area contributed by atoms with Crippen LogP contribution in [0.3, 0.4) is 0 Å². The first-order valence-corrected chi connectivity index (χ1v) is 5.37. The largest absolute Gasteiger partial charge is 0.480 e. The lowest BCUT2D eigenvalue weighted by Gasteiger charge is -2.16. The normalized spacial score (nSPS) is 23.6. The minimum absolute atomic E-state index is 0.0339. The van der Waals surface area contributed by atoms with Gasteiger partial charge in [-0.05, 0) is 12.0 Å². The molecule has 2 atom stereocenters. The summed E-state index contributed by atoms with van der Waals surface area (Å²) in [4.78, 5) is 22.9. The maximum absolute atomic E-state index is 11.0. The molecule has 1 aliphatic heterocycles. The number of likely N-dealkylation sites (tertiary alicyclic amines) is 1. The molecule has 17 heavy (non-hydrogen) atoms. The van der Waals surface area contributed by atoms with E-state index in [9.17, 15) is 9.59 Å². The molecule has 0 aromatic heterocycles. The predicted molar refractivity (Wildman–Crippen MR) is 60.0 cm³/mol. The summed E-state index contributed by atoms with van der Waals surface area (Å²) in [6.45, 7) is 0.246. The SMILES string of the molecule is O=C(O)[C@@H]1C[C@@H](c2ccccc2)CN1C(=O)O. The molecule has 2 N–H and O–H groups in total. The third kappa shape index (κ3) is 2.22. The number of nitrogens with zero attached hydrogens (tertiary/aromatic N) is 1. The van der Waals surface area contributed by atoms with E-state index in [1.165, 1.54) is 0 Å². The zero-order chi connectivity index (χ0) is 12.4. The van der Waals surface area contributed by atoms with Crippen molar-refractivity contribution in [3.05, 3.63) is 35.9 Å². The number of carbonyl (C=O) groups is 2. The molecule has 0 bridgehead atoms. The van der Waals surface area contributed by atoms with Gasteiger partial charge in [0, 0.05) is 12.5 Å². The third-order valence-electron chi connectivity index (χ3n) is 3.10. The maximum atomic E-state index is 11.0.